The van der Waals surface area contributed by atoms with Gasteiger partial charge in [-0.1, -0.05) is 35.9 Å². The van der Waals surface area contributed by atoms with Gasteiger partial charge in [0.25, 0.3) is 0 Å². The molecule has 0 spiro atoms. The molecule has 6 nitrogen and oxygen atoms in total. The van der Waals surface area contributed by atoms with Gasteiger partial charge in [-0.05, 0) is 54.6 Å². The molecule has 0 fully saturated rings. The highest BCUT2D eigenvalue weighted by molar-refractivity contribution is 6.30. The zero-order valence-electron chi connectivity index (χ0n) is 18.2. The van der Waals surface area contributed by atoms with Crippen LogP contribution in [0.3, 0.4) is 0 Å². The molecule has 5 aromatic rings. The lowest BCUT2D eigenvalue weighted by Crippen LogP contribution is -2.22. The van der Waals surface area contributed by atoms with Crippen molar-refractivity contribution in [1.29, 1.82) is 0 Å². The molecule has 0 saturated carbocycles. The maximum Gasteiger partial charge on any atom is 0.338 e. The molecule has 7 heteroatoms. The van der Waals surface area contributed by atoms with E-state index in [4.69, 9.17) is 16.3 Å². The van der Waals surface area contributed by atoms with Crippen molar-refractivity contribution in [1.82, 2.24) is 14.1 Å². The van der Waals surface area contributed by atoms with E-state index in [9.17, 15) is 4.79 Å². The molecule has 0 radical (unpaired) electrons. The second-order valence-corrected chi connectivity index (χ2v) is 8.03. The Kier molecular flexibility index (Phi) is 5.89. The Morgan fingerprint density at radius 3 is 2.41 bits per heavy atom. The van der Waals surface area contributed by atoms with Gasteiger partial charge in [-0.3, -0.25) is 14.1 Å². The van der Waals surface area contributed by atoms with Crippen molar-refractivity contribution in [2.45, 2.75) is 0 Å². The molecular formula is C27H21ClN4O2. The first-order valence-electron chi connectivity index (χ1n) is 10.7. The first-order valence-corrected chi connectivity index (χ1v) is 11.1. The van der Waals surface area contributed by atoms with E-state index < -0.39 is 0 Å². The molecule has 0 aliphatic carbocycles. The fraction of sp³-hybridized carbons (Fsp3) is 0.0370. The largest absolute Gasteiger partial charge is 0.457 e. The summed E-state index contributed by atoms with van der Waals surface area (Å²) in [5.41, 5.74) is 3.56. The van der Waals surface area contributed by atoms with Gasteiger partial charge in [-0.25, -0.2) is 4.79 Å². The van der Waals surface area contributed by atoms with Crippen LogP contribution in [0.1, 0.15) is 0 Å². The molecule has 2 heterocycles. The molecule has 0 bridgehead atoms. The number of ether oxygens (including phenoxy) is 1. The molecule has 0 unspecified atom stereocenters. The molecule has 168 valence electrons. The predicted octanol–water partition coefficient (Wildman–Crippen LogP) is 6.22. The van der Waals surface area contributed by atoms with Crippen LogP contribution in [0.15, 0.2) is 109 Å². The van der Waals surface area contributed by atoms with E-state index in [1.54, 1.807) is 39.7 Å². The fourth-order valence-electron chi connectivity index (χ4n) is 3.84. The van der Waals surface area contributed by atoms with Gasteiger partial charge in [0.1, 0.15) is 11.5 Å². The highest BCUT2D eigenvalue weighted by atomic mass is 35.5. The van der Waals surface area contributed by atoms with Crippen molar-refractivity contribution in [3.63, 3.8) is 0 Å². The number of halogens is 1. The van der Waals surface area contributed by atoms with Crippen molar-refractivity contribution >= 4 is 28.3 Å². The number of nitrogens with zero attached hydrogens (tertiary/aromatic N) is 3. The first-order chi connectivity index (χ1) is 16.6. The van der Waals surface area contributed by atoms with Gasteiger partial charge in [0.2, 0.25) is 0 Å². The van der Waals surface area contributed by atoms with Crippen molar-refractivity contribution in [3.05, 3.63) is 119 Å². The van der Waals surface area contributed by atoms with Crippen LogP contribution in [0.2, 0.25) is 5.02 Å². The summed E-state index contributed by atoms with van der Waals surface area (Å²) in [5, 5.41) is 3.85. The molecule has 0 aliphatic heterocycles. The molecule has 2 aromatic heterocycles. The minimum absolute atomic E-state index is 0.205. The molecule has 0 saturated heterocycles. The summed E-state index contributed by atoms with van der Waals surface area (Å²) in [4.78, 5) is 18.0. The lowest BCUT2D eigenvalue weighted by atomic mass is 10.2. The van der Waals surface area contributed by atoms with E-state index in [0.717, 1.165) is 16.9 Å². The van der Waals surface area contributed by atoms with Gasteiger partial charge in [-0.2, -0.15) is 0 Å². The molecule has 3 aromatic carbocycles. The maximum atomic E-state index is 13.7. The Bertz CT molecular complexity index is 1550. The molecule has 1 N–H and O–H groups in total. The van der Waals surface area contributed by atoms with E-state index >= 15 is 0 Å². The summed E-state index contributed by atoms with van der Waals surface area (Å²) in [7, 11) is 0. The van der Waals surface area contributed by atoms with Crippen molar-refractivity contribution in [3.8, 4) is 22.9 Å². The summed E-state index contributed by atoms with van der Waals surface area (Å²) in [6.07, 6.45) is 5.16. The van der Waals surface area contributed by atoms with Crippen molar-refractivity contribution in [2.24, 2.45) is 0 Å². The van der Waals surface area contributed by atoms with E-state index in [1.165, 1.54) is 0 Å². The summed E-state index contributed by atoms with van der Waals surface area (Å²) in [6, 6.07) is 24.1. The minimum Gasteiger partial charge on any atom is -0.457 e. The van der Waals surface area contributed by atoms with Crippen LogP contribution in [-0.4, -0.2) is 20.7 Å². The molecule has 0 amide bonds. The van der Waals surface area contributed by atoms with Crippen molar-refractivity contribution in [2.75, 3.05) is 11.9 Å². The third-order valence-electron chi connectivity index (χ3n) is 5.30. The number of nitrogens with one attached hydrogen (secondary N) is 1. The normalized spacial score (nSPS) is 10.9. The number of rotatable bonds is 7. The number of fused-ring (bicyclic) bond motifs is 1. The Labute approximate surface area is 201 Å². The lowest BCUT2D eigenvalue weighted by molar-refractivity contribution is 0.482. The van der Waals surface area contributed by atoms with Gasteiger partial charge in [0.05, 0.1) is 28.6 Å². The molecular weight excluding hydrogens is 448 g/mol. The van der Waals surface area contributed by atoms with Crippen molar-refractivity contribution < 1.29 is 4.74 Å². The number of hydrogen-bond donors (Lipinski definition) is 1. The predicted molar refractivity (Wildman–Crippen MR) is 137 cm³/mol. The fourth-order valence-corrected chi connectivity index (χ4v) is 4.02. The zero-order valence-corrected chi connectivity index (χ0v) is 18.9. The number of anilines is 1. The summed E-state index contributed by atoms with van der Waals surface area (Å²) < 4.78 is 9.30. The summed E-state index contributed by atoms with van der Waals surface area (Å²) >= 11 is 6.08. The van der Waals surface area contributed by atoms with E-state index in [0.29, 0.717) is 34.3 Å². The van der Waals surface area contributed by atoms with Gasteiger partial charge in [0.15, 0.2) is 0 Å². The van der Waals surface area contributed by atoms with Gasteiger partial charge in [0, 0.05) is 29.5 Å². The van der Waals surface area contributed by atoms with Crippen LogP contribution in [0.5, 0.6) is 11.5 Å². The standard InChI is InChI=1S/C27H21ClN4O2/c1-2-13-30-20-7-4-8-21(16-20)31-25-12-14-29-18-26(25)32(27(31)33)22-9-5-11-24(17-22)34-23-10-3-6-19(28)15-23/h2-12,14-18,30H,1,13H2. The number of benzene rings is 3. The van der Waals surface area contributed by atoms with E-state index in [-0.39, 0.29) is 5.69 Å². The smallest absolute Gasteiger partial charge is 0.338 e. The maximum absolute atomic E-state index is 13.7. The average molecular weight is 469 g/mol. The quantitative estimate of drug-likeness (QED) is 0.288. The second-order valence-electron chi connectivity index (χ2n) is 7.59. The highest BCUT2D eigenvalue weighted by Gasteiger charge is 2.17. The number of imidazole rings is 1. The third kappa shape index (κ3) is 4.19. The molecule has 0 atom stereocenters. The second kappa shape index (κ2) is 9.29. The Balaban J connectivity index is 1.62. The molecule has 5 rings (SSSR count). The highest BCUT2D eigenvalue weighted by Crippen LogP contribution is 2.27. The Morgan fingerprint density at radius 1 is 0.912 bits per heavy atom. The minimum atomic E-state index is -0.205. The summed E-state index contributed by atoms with van der Waals surface area (Å²) in [6.45, 7) is 4.37. The van der Waals surface area contributed by atoms with Gasteiger partial charge in [-0.15, -0.1) is 6.58 Å². The average Bonchev–Trinajstić information content (AvgIpc) is 3.15. The molecule has 34 heavy (non-hydrogen) atoms. The lowest BCUT2D eigenvalue weighted by Gasteiger charge is -2.09. The zero-order chi connectivity index (χ0) is 23.5. The third-order valence-corrected chi connectivity index (χ3v) is 5.54. The number of hydrogen-bond acceptors (Lipinski definition) is 4. The topological polar surface area (TPSA) is 61.1 Å². The number of aromatic nitrogens is 3. The summed E-state index contributed by atoms with van der Waals surface area (Å²) in [5.74, 6) is 1.21. The van der Waals surface area contributed by atoms with Gasteiger partial charge < -0.3 is 10.1 Å². The van der Waals surface area contributed by atoms with Crippen LogP contribution in [-0.2, 0) is 0 Å². The van der Waals surface area contributed by atoms with Crippen LogP contribution < -0.4 is 15.7 Å². The SMILES string of the molecule is C=CCNc1cccc(-n2c(=O)n(-c3cccc(Oc4cccc(Cl)c4)c3)c3cnccc32)c1. The van der Waals surface area contributed by atoms with Crippen LogP contribution in [0, 0.1) is 0 Å². The Morgan fingerprint density at radius 2 is 1.62 bits per heavy atom. The van der Waals surface area contributed by atoms with Gasteiger partial charge >= 0.3 is 5.69 Å². The van der Waals surface area contributed by atoms with E-state index in [2.05, 4.69) is 16.9 Å². The van der Waals surface area contributed by atoms with Crippen LogP contribution in [0.25, 0.3) is 22.4 Å². The monoisotopic (exact) mass is 468 g/mol. The number of pyridine rings is 1. The Hall–Kier alpha value is -4.29. The van der Waals surface area contributed by atoms with E-state index in [1.807, 2.05) is 66.7 Å². The molecule has 0 aliphatic rings. The van der Waals surface area contributed by atoms with Crippen LogP contribution >= 0.6 is 11.6 Å². The van der Waals surface area contributed by atoms with Crippen LogP contribution in [0.4, 0.5) is 5.69 Å². The first kappa shape index (κ1) is 21.6.